The topological polar surface area (TPSA) is 78.4 Å². The summed E-state index contributed by atoms with van der Waals surface area (Å²) < 4.78 is 0. The number of carbonyl (C=O) groups is 2. The number of nitrogens with zero attached hydrogens (tertiary/aromatic N) is 4. The minimum atomic E-state index is -0.382. The SMILES string of the molecule is CCN(c1ccc(NC(=O)C2CC(=O)N(c3ccccc3C)C2)cc1)c1nc(C)cc(C)n1. The molecule has 33 heavy (non-hydrogen) atoms. The number of hydrogen-bond acceptors (Lipinski definition) is 5. The fourth-order valence-electron chi connectivity index (χ4n) is 4.22. The molecule has 0 saturated carbocycles. The van der Waals surface area contributed by atoms with Crippen LogP contribution in [0.4, 0.5) is 23.0 Å². The summed E-state index contributed by atoms with van der Waals surface area (Å²) in [7, 11) is 0. The maximum absolute atomic E-state index is 12.9. The van der Waals surface area contributed by atoms with Gasteiger partial charge in [-0.25, -0.2) is 9.97 Å². The van der Waals surface area contributed by atoms with Gasteiger partial charge in [-0.05, 0) is 69.7 Å². The predicted octanol–water partition coefficient (Wildman–Crippen LogP) is 4.55. The van der Waals surface area contributed by atoms with Gasteiger partial charge in [0.25, 0.3) is 0 Å². The van der Waals surface area contributed by atoms with Crippen LogP contribution in [0.2, 0.25) is 0 Å². The number of para-hydroxylation sites is 1. The van der Waals surface area contributed by atoms with E-state index in [1.807, 2.05) is 87.2 Å². The van der Waals surface area contributed by atoms with Crippen LogP contribution in [0.3, 0.4) is 0 Å². The molecule has 1 aromatic heterocycles. The van der Waals surface area contributed by atoms with Crippen LogP contribution in [-0.4, -0.2) is 34.9 Å². The molecule has 4 rings (SSSR count). The van der Waals surface area contributed by atoms with Gasteiger partial charge in [-0.3, -0.25) is 9.59 Å². The molecule has 1 saturated heterocycles. The largest absolute Gasteiger partial charge is 0.326 e. The van der Waals surface area contributed by atoms with Crippen molar-refractivity contribution >= 4 is 34.8 Å². The van der Waals surface area contributed by atoms with Crippen LogP contribution >= 0.6 is 0 Å². The third-order valence-corrected chi connectivity index (χ3v) is 5.88. The standard InChI is InChI=1S/C26H29N5O2/c1-5-30(26-27-18(3)14-19(4)28-26)22-12-10-21(11-13-22)29-25(33)20-15-24(32)31(16-20)23-9-7-6-8-17(23)2/h6-14,20H,5,15-16H2,1-4H3,(H,29,33). The molecule has 0 spiro atoms. The zero-order chi connectivity index (χ0) is 23.5. The van der Waals surface area contributed by atoms with Crippen LogP contribution in [0.1, 0.15) is 30.3 Å². The lowest BCUT2D eigenvalue weighted by atomic mass is 10.1. The van der Waals surface area contributed by atoms with Gasteiger partial charge >= 0.3 is 0 Å². The maximum atomic E-state index is 12.9. The van der Waals surface area contributed by atoms with E-state index in [0.29, 0.717) is 24.7 Å². The molecular weight excluding hydrogens is 414 g/mol. The highest BCUT2D eigenvalue weighted by Gasteiger charge is 2.35. The Kier molecular flexibility index (Phi) is 6.40. The van der Waals surface area contributed by atoms with E-state index in [0.717, 1.165) is 28.3 Å². The molecule has 7 nitrogen and oxygen atoms in total. The molecule has 1 atom stereocenters. The second-order valence-corrected chi connectivity index (χ2v) is 8.42. The molecule has 1 fully saturated rings. The number of nitrogens with one attached hydrogen (secondary N) is 1. The van der Waals surface area contributed by atoms with Gasteiger partial charge in [-0.1, -0.05) is 18.2 Å². The normalized spacial score (nSPS) is 15.6. The molecule has 0 radical (unpaired) electrons. The molecule has 2 heterocycles. The smallest absolute Gasteiger partial charge is 0.230 e. The molecule has 2 amide bonds. The fraction of sp³-hybridized carbons (Fsp3) is 0.308. The number of rotatable bonds is 6. The molecule has 1 aliphatic rings. The van der Waals surface area contributed by atoms with Crippen LogP contribution in [-0.2, 0) is 9.59 Å². The van der Waals surface area contributed by atoms with Crippen molar-refractivity contribution < 1.29 is 9.59 Å². The molecule has 0 bridgehead atoms. The van der Waals surface area contributed by atoms with Crippen LogP contribution in [0, 0.1) is 26.7 Å². The van der Waals surface area contributed by atoms with Crippen molar-refractivity contribution in [1.29, 1.82) is 0 Å². The summed E-state index contributed by atoms with van der Waals surface area (Å²) in [5.41, 5.74) is 5.38. The van der Waals surface area contributed by atoms with Crippen molar-refractivity contribution in [1.82, 2.24) is 9.97 Å². The van der Waals surface area contributed by atoms with Crippen molar-refractivity contribution in [3.63, 3.8) is 0 Å². The van der Waals surface area contributed by atoms with E-state index in [2.05, 4.69) is 15.3 Å². The van der Waals surface area contributed by atoms with Gasteiger partial charge in [0.1, 0.15) is 0 Å². The van der Waals surface area contributed by atoms with Gasteiger partial charge in [0, 0.05) is 48.0 Å². The average Bonchev–Trinajstić information content (AvgIpc) is 3.17. The summed E-state index contributed by atoms with van der Waals surface area (Å²) in [6.07, 6.45) is 0.214. The van der Waals surface area contributed by atoms with Gasteiger partial charge in [0.2, 0.25) is 17.8 Å². The number of aryl methyl sites for hydroxylation is 3. The third-order valence-electron chi connectivity index (χ3n) is 5.88. The second kappa shape index (κ2) is 9.40. The summed E-state index contributed by atoms with van der Waals surface area (Å²) in [6, 6.07) is 17.3. The summed E-state index contributed by atoms with van der Waals surface area (Å²) in [4.78, 5) is 38.3. The Labute approximate surface area is 194 Å². The van der Waals surface area contributed by atoms with E-state index in [4.69, 9.17) is 0 Å². The lowest BCUT2D eigenvalue weighted by Gasteiger charge is -2.22. The van der Waals surface area contributed by atoms with E-state index < -0.39 is 0 Å². The minimum Gasteiger partial charge on any atom is -0.326 e. The second-order valence-electron chi connectivity index (χ2n) is 8.42. The van der Waals surface area contributed by atoms with E-state index in [-0.39, 0.29) is 24.2 Å². The van der Waals surface area contributed by atoms with Crippen LogP contribution in [0.25, 0.3) is 0 Å². The van der Waals surface area contributed by atoms with E-state index >= 15 is 0 Å². The monoisotopic (exact) mass is 443 g/mol. The highest BCUT2D eigenvalue weighted by Crippen LogP contribution is 2.29. The van der Waals surface area contributed by atoms with Crippen molar-refractivity contribution in [3.05, 3.63) is 71.5 Å². The molecular formula is C26H29N5O2. The van der Waals surface area contributed by atoms with E-state index in [1.165, 1.54) is 0 Å². The molecule has 1 unspecified atom stereocenters. The first-order valence-electron chi connectivity index (χ1n) is 11.2. The Morgan fingerprint density at radius 3 is 2.36 bits per heavy atom. The van der Waals surface area contributed by atoms with Crippen molar-refractivity contribution in [2.24, 2.45) is 5.92 Å². The first-order chi connectivity index (χ1) is 15.9. The Hall–Kier alpha value is -3.74. The zero-order valence-corrected chi connectivity index (χ0v) is 19.5. The quantitative estimate of drug-likeness (QED) is 0.605. The van der Waals surface area contributed by atoms with Gasteiger partial charge in [-0.15, -0.1) is 0 Å². The molecule has 2 aromatic carbocycles. The van der Waals surface area contributed by atoms with Gasteiger partial charge in [0.05, 0.1) is 5.92 Å². The summed E-state index contributed by atoms with van der Waals surface area (Å²) >= 11 is 0. The van der Waals surface area contributed by atoms with Crippen molar-refractivity contribution in [3.8, 4) is 0 Å². The van der Waals surface area contributed by atoms with Gasteiger partial charge < -0.3 is 15.1 Å². The van der Waals surface area contributed by atoms with Crippen LogP contribution < -0.4 is 15.1 Å². The lowest BCUT2D eigenvalue weighted by Crippen LogP contribution is -2.28. The number of benzene rings is 2. The number of anilines is 4. The minimum absolute atomic E-state index is 0.0215. The lowest BCUT2D eigenvalue weighted by molar-refractivity contribution is -0.122. The highest BCUT2D eigenvalue weighted by atomic mass is 16.2. The molecule has 170 valence electrons. The molecule has 3 aromatic rings. The summed E-state index contributed by atoms with van der Waals surface area (Å²) in [5.74, 6) is 0.115. The maximum Gasteiger partial charge on any atom is 0.230 e. The number of aromatic nitrogens is 2. The van der Waals surface area contributed by atoms with Crippen molar-refractivity contribution in [2.75, 3.05) is 28.2 Å². The van der Waals surface area contributed by atoms with E-state index in [9.17, 15) is 9.59 Å². The van der Waals surface area contributed by atoms with E-state index in [1.54, 1.807) is 4.90 Å². The zero-order valence-electron chi connectivity index (χ0n) is 19.5. The Balaban J connectivity index is 1.44. The summed E-state index contributed by atoms with van der Waals surface area (Å²) in [6.45, 7) is 9.04. The third kappa shape index (κ3) is 4.87. The fourth-order valence-corrected chi connectivity index (χ4v) is 4.22. The first kappa shape index (κ1) is 22.5. The number of carbonyl (C=O) groups excluding carboxylic acids is 2. The summed E-state index contributed by atoms with van der Waals surface area (Å²) in [5, 5.41) is 2.97. The van der Waals surface area contributed by atoms with Crippen LogP contribution in [0.15, 0.2) is 54.6 Å². The average molecular weight is 444 g/mol. The Bertz CT molecular complexity index is 1160. The van der Waals surface area contributed by atoms with Gasteiger partial charge in [0.15, 0.2) is 0 Å². The Morgan fingerprint density at radius 2 is 1.73 bits per heavy atom. The van der Waals surface area contributed by atoms with Crippen LogP contribution in [0.5, 0.6) is 0 Å². The first-order valence-corrected chi connectivity index (χ1v) is 11.2. The predicted molar refractivity (Wildman–Crippen MR) is 131 cm³/mol. The number of amides is 2. The van der Waals surface area contributed by atoms with Gasteiger partial charge in [-0.2, -0.15) is 0 Å². The van der Waals surface area contributed by atoms with Crippen molar-refractivity contribution in [2.45, 2.75) is 34.1 Å². The molecule has 7 heteroatoms. The molecule has 1 aliphatic heterocycles. The number of hydrogen-bond donors (Lipinski definition) is 1. The Morgan fingerprint density at radius 1 is 1.06 bits per heavy atom. The molecule has 0 aliphatic carbocycles. The molecule has 1 N–H and O–H groups in total. The highest BCUT2D eigenvalue weighted by molar-refractivity contribution is 6.03.